The first-order chi connectivity index (χ1) is 13.1. The van der Waals surface area contributed by atoms with Crippen molar-refractivity contribution in [3.63, 3.8) is 0 Å². The molecular weight excluding hydrogens is 346 g/mol. The minimum absolute atomic E-state index is 0.203. The van der Waals surface area contributed by atoms with E-state index < -0.39 is 5.97 Å². The molecule has 138 valence electrons. The Labute approximate surface area is 157 Å². The lowest BCUT2D eigenvalue weighted by molar-refractivity contribution is -0.129. The molecule has 0 bridgehead atoms. The molecule has 0 N–H and O–H groups in total. The Hall–Kier alpha value is -3.54. The number of carbonyl (C=O) groups excluding carboxylic acids is 1. The van der Waals surface area contributed by atoms with Crippen LogP contribution >= 0.6 is 0 Å². The van der Waals surface area contributed by atoms with Crippen LogP contribution in [0.5, 0.6) is 17.2 Å². The molecule has 1 aliphatic heterocycles. The van der Waals surface area contributed by atoms with Crippen molar-refractivity contribution in [1.82, 2.24) is 0 Å². The number of carbonyl (C=O) groups is 1. The molecule has 0 saturated carbocycles. The van der Waals surface area contributed by atoms with Crippen LogP contribution in [0.25, 0.3) is 6.08 Å². The van der Waals surface area contributed by atoms with Crippen LogP contribution in [0.2, 0.25) is 0 Å². The van der Waals surface area contributed by atoms with Crippen LogP contribution in [-0.4, -0.2) is 32.7 Å². The van der Waals surface area contributed by atoms with E-state index in [-0.39, 0.29) is 11.6 Å². The molecule has 0 unspecified atom stereocenters. The highest BCUT2D eigenvalue weighted by Gasteiger charge is 2.24. The Morgan fingerprint density at radius 3 is 2.70 bits per heavy atom. The van der Waals surface area contributed by atoms with Crippen molar-refractivity contribution in [2.45, 2.75) is 0 Å². The number of ether oxygens (including phenoxy) is 4. The van der Waals surface area contributed by atoms with Gasteiger partial charge in [0.05, 0.1) is 14.2 Å². The minimum atomic E-state index is -0.515. The summed E-state index contributed by atoms with van der Waals surface area (Å²) in [5.41, 5.74) is 1.60. The monoisotopic (exact) mass is 365 g/mol. The van der Waals surface area contributed by atoms with E-state index in [1.807, 2.05) is 0 Å². The third-order valence-electron chi connectivity index (χ3n) is 3.78. The van der Waals surface area contributed by atoms with E-state index in [9.17, 15) is 4.79 Å². The van der Waals surface area contributed by atoms with Crippen molar-refractivity contribution >= 4 is 17.9 Å². The van der Waals surface area contributed by atoms with Gasteiger partial charge in [-0.15, -0.1) is 0 Å². The summed E-state index contributed by atoms with van der Waals surface area (Å²) in [5.74, 6) is 1.52. The molecular formula is C21H19NO5. The molecule has 0 aliphatic carbocycles. The smallest absolute Gasteiger partial charge is 0.363 e. The average molecular weight is 365 g/mol. The maximum Gasteiger partial charge on any atom is 0.363 e. The van der Waals surface area contributed by atoms with E-state index in [2.05, 4.69) is 11.6 Å². The molecule has 0 atom stereocenters. The van der Waals surface area contributed by atoms with E-state index in [4.69, 9.17) is 18.9 Å². The Balaban J connectivity index is 1.88. The summed E-state index contributed by atoms with van der Waals surface area (Å²) in [7, 11) is 3.12. The highest BCUT2D eigenvalue weighted by Crippen LogP contribution is 2.30. The fraction of sp³-hybridized carbons (Fsp3) is 0.143. The normalized spacial score (nSPS) is 14.5. The fourth-order valence-electron chi connectivity index (χ4n) is 2.49. The molecule has 0 spiro atoms. The zero-order chi connectivity index (χ0) is 19.2. The molecule has 6 heteroatoms. The second-order valence-electron chi connectivity index (χ2n) is 5.58. The fourth-order valence-corrected chi connectivity index (χ4v) is 2.49. The lowest BCUT2D eigenvalue weighted by atomic mass is 10.1. The van der Waals surface area contributed by atoms with Crippen LogP contribution in [0.4, 0.5) is 0 Å². The van der Waals surface area contributed by atoms with Crippen molar-refractivity contribution in [1.29, 1.82) is 0 Å². The lowest BCUT2D eigenvalue weighted by Crippen LogP contribution is -2.05. The largest absolute Gasteiger partial charge is 0.497 e. The van der Waals surface area contributed by atoms with Crippen molar-refractivity contribution in [3.05, 3.63) is 71.9 Å². The molecule has 27 heavy (non-hydrogen) atoms. The van der Waals surface area contributed by atoms with Crippen LogP contribution < -0.4 is 14.2 Å². The summed E-state index contributed by atoms with van der Waals surface area (Å²) in [6.07, 6.45) is 3.29. The van der Waals surface area contributed by atoms with Gasteiger partial charge in [-0.05, 0) is 42.0 Å². The summed E-state index contributed by atoms with van der Waals surface area (Å²) in [5, 5.41) is 0. The Kier molecular flexibility index (Phi) is 5.56. The van der Waals surface area contributed by atoms with Gasteiger partial charge in [0.15, 0.2) is 17.2 Å². The summed E-state index contributed by atoms with van der Waals surface area (Å²) < 4.78 is 21.3. The Morgan fingerprint density at radius 2 is 1.96 bits per heavy atom. The van der Waals surface area contributed by atoms with Crippen LogP contribution in [0.15, 0.2) is 65.8 Å². The van der Waals surface area contributed by atoms with Gasteiger partial charge in [-0.2, -0.15) is 0 Å². The first-order valence-corrected chi connectivity index (χ1v) is 8.23. The highest BCUT2D eigenvalue weighted by atomic mass is 16.6. The second kappa shape index (κ2) is 8.23. The molecule has 6 nitrogen and oxygen atoms in total. The van der Waals surface area contributed by atoms with Gasteiger partial charge >= 0.3 is 5.97 Å². The number of hydrogen-bond donors (Lipinski definition) is 0. The summed E-state index contributed by atoms with van der Waals surface area (Å²) in [6.45, 7) is 3.99. The zero-order valence-electron chi connectivity index (χ0n) is 15.1. The number of benzene rings is 2. The summed E-state index contributed by atoms with van der Waals surface area (Å²) in [6, 6.07) is 12.5. The zero-order valence-corrected chi connectivity index (χ0v) is 15.1. The van der Waals surface area contributed by atoms with Crippen molar-refractivity contribution in [2.75, 3.05) is 20.8 Å². The predicted molar refractivity (Wildman–Crippen MR) is 102 cm³/mol. The Morgan fingerprint density at radius 1 is 1.11 bits per heavy atom. The van der Waals surface area contributed by atoms with E-state index >= 15 is 0 Å². The number of cyclic esters (lactones) is 1. The summed E-state index contributed by atoms with van der Waals surface area (Å²) >= 11 is 0. The van der Waals surface area contributed by atoms with Crippen molar-refractivity contribution < 1.29 is 23.7 Å². The van der Waals surface area contributed by atoms with E-state index in [1.165, 1.54) is 0 Å². The SMILES string of the molecule is C=CCOc1ccc(/C=C2\N=C(c3cccc(OC)c3)OC2=O)cc1OC. The van der Waals surface area contributed by atoms with Crippen LogP contribution in [0, 0.1) is 0 Å². The number of methoxy groups -OCH3 is 2. The van der Waals surface area contributed by atoms with Crippen molar-refractivity contribution in [2.24, 2.45) is 4.99 Å². The topological polar surface area (TPSA) is 66.3 Å². The van der Waals surface area contributed by atoms with Gasteiger partial charge in [-0.1, -0.05) is 24.8 Å². The molecule has 2 aromatic carbocycles. The van der Waals surface area contributed by atoms with Crippen molar-refractivity contribution in [3.8, 4) is 17.2 Å². The molecule has 0 saturated heterocycles. The van der Waals surface area contributed by atoms with Gasteiger partial charge in [0.25, 0.3) is 0 Å². The standard InChI is InChI=1S/C21H19NO5/c1-4-10-26-18-9-8-14(12-19(18)25-3)11-17-21(23)27-20(22-17)15-6-5-7-16(13-15)24-2/h4-9,11-13H,1,10H2,2-3H3/b17-11-. The molecule has 1 aliphatic rings. The highest BCUT2D eigenvalue weighted by molar-refractivity contribution is 6.13. The first kappa shape index (κ1) is 18.3. The predicted octanol–water partition coefficient (Wildman–Crippen LogP) is 3.61. The molecule has 3 rings (SSSR count). The maximum atomic E-state index is 12.2. The van der Waals surface area contributed by atoms with Gasteiger partial charge in [0.1, 0.15) is 12.4 Å². The number of rotatable bonds is 7. The van der Waals surface area contributed by atoms with Crippen LogP contribution in [0.1, 0.15) is 11.1 Å². The van der Waals surface area contributed by atoms with E-state index in [0.717, 1.165) is 5.56 Å². The molecule has 0 radical (unpaired) electrons. The molecule has 0 fully saturated rings. The number of esters is 1. The van der Waals surface area contributed by atoms with Gasteiger partial charge in [-0.3, -0.25) is 0 Å². The van der Waals surface area contributed by atoms with Gasteiger partial charge in [0.2, 0.25) is 5.90 Å². The minimum Gasteiger partial charge on any atom is -0.497 e. The van der Waals surface area contributed by atoms with E-state index in [1.54, 1.807) is 68.8 Å². The van der Waals surface area contributed by atoms with Gasteiger partial charge in [0, 0.05) is 5.56 Å². The van der Waals surface area contributed by atoms with Crippen LogP contribution in [0.3, 0.4) is 0 Å². The molecule has 2 aromatic rings. The maximum absolute atomic E-state index is 12.2. The number of hydrogen-bond acceptors (Lipinski definition) is 6. The molecule has 0 aromatic heterocycles. The second-order valence-corrected chi connectivity index (χ2v) is 5.58. The first-order valence-electron chi connectivity index (χ1n) is 8.23. The summed E-state index contributed by atoms with van der Waals surface area (Å²) in [4.78, 5) is 16.5. The molecule has 1 heterocycles. The van der Waals surface area contributed by atoms with Gasteiger partial charge in [-0.25, -0.2) is 9.79 Å². The molecule has 0 amide bonds. The average Bonchev–Trinajstić information content (AvgIpc) is 3.07. The van der Waals surface area contributed by atoms with Crippen LogP contribution in [-0.2, 0) is 9.53 Å². The third kappa shape index (κ3) is 4.17. The number of nitrogens with zero attached hydrogens (tertiary/aromatic N) is 1. The quantitative estimate of drug-likeness (QED) is 0.426. The Bertz CT molecular complexity index is 930. The third-order valence-corrected chi connectivity index (χ3v) is 3.78. The van der Waals surface area contributed by atoms with Gasteiger partial charge < -0.3 is 18.9 Å². The lowest BCUT2D eigenvalue weighted by Gasteiger charge is -2.09. The number of aliphatic imine (C=N–C) groups is 1. The van der Waals surface area contributed by atoms with E-state index in [0.29, 0.717) is 29.4 Å².